The molecule has 0 atom stereocenters. The van der Waals surface area contributed by atoms with Gasteiger partial charge < -0.3 is 15.2 Å². The van der Waals surface area contributed by atoms with Crippen LogP contribution in [0.15, 0.2) is 45.8 Å². The van der Waals surface area contributed by atoms with Gasteiger partial charge in [-0.2, -0.15) is 9.38 Å². The summed E-state index contributed by atoms with van der Waals surface area (Å²) in [6.45, 7) is 0. The largest absolute Gasteiger partial charge is 0.478 e. The van der Waals surface area contributed by atoms with E-state index in [4.69, 9.17) is 5.11 Å². The van der Waals surface area contributed by atoms with Gasteiger partial charge in [0, 0.05) is 10.3 Å². The quantitative estimate of drug-likeness (QED) is 0.585. The molecule has 0 saturated carbocycles. The Bertz CT molecular complexity index is 838. The van der Waals surface area contributed by atoms with Crippen molar-refractivity contribution < 1.29 is 14.8 Å². The summed E-state index contributed by atoms with van der Waals surface area (Å²) in [5, 5.41) is 22.0. The number of aromatic nitrogens is 2. The highest BCUT2D eigenvalue weighted by Crippen LogP contribution is 2.36. The Labute approximate surface area is 126 Å². The first kappa shape index (κ1) is 13.6. The molecular weight excluding hydrogens is 314 g/mol. The average molecular weight is 321 g/mol. The highest BCUT2D eigenvalue weighted by Gasteiger charge is 2.24. The second-order valence-electron chi connectivity index (χ2n) is 3.98. The van der Waals surface area contributed by atoms with E-state index in [-0.39, 0.29) is 16.4 Å². The molecule has 0 fully saturated rings. The number of carboxylic acid groups (broad SMARTS) is 1. The molecule has 1 N–H and O–H groups in total. The molecule has 0 spiro atoms. The number of nitro groups is 1. The summed E-state index contributed by atoms with van der Waals surface area (Å²) in [6.07, 6.45) is 1.60. The molecule has 1 aromatic carbocycles. The third-order valence-corrected chi connectivity index (χ3v) is 4.43. The zero-order valence-corrected chi connectivity index (χ0v) is 11.9. The van der Waals surface area contributed by atoms with E-state index in [1.807, 2.05) is 0 Å². The Morgan fingerprint density at radius 1 is 1.38 bits per heavy atom. The van der Waals surface area contributed by atoms with E-state index in [1.165, 1.54) is 27.9 Å². The van der Waals surface area contributed by atoms with Crippen LogP contribution in [0, 0.1) is 10.1 Å². The first-order valence-corrected chi connectivity index (χ1v) is 7.37. The van der Waals surface area contributed by atoms with Crippen LogP contribution in [0.5, 0.6) is 0 Å². The summed E-state index contributed by atoms with van der Waals surface area (Å²) in [6, 6.07) is 6.11. The van der Waals surface area contributed by atoms with E-state index >= 15 is 0 Å². The molecule has 3 rings (SSSR count). The monoisotopic (exact) mass is 321 g/mol. The number of nitrogens with zero attached hydrogens (tertiary/aromatic N) is 3. The van der Waals surface area contributed by atoms with Crippen molar-refractivity contribution in [3.63, 3.8) is 0 Å². The number of rotatable bonds is 4. The number of fused-ring (bicyclic) bond motifs is 1. The predicted molar refractivity (Wildman–Crippen MR) is 77.2 cm³/mol. The van der Waals surface area contributed by atoms with Crippen LogP contribution in [-0.4, -0.2) is 25.4 Å². The molecule has 0 unspecified atom stereocenters. The number of aromatic carboxylic acids is 1. The number of hydrogen-bond donors (Lipinski definition) is 1. The fourth-order valence-electron chi connectivity index (χ4n) is 1.77. The minimum absolute atomic E-state index is 0.0847. The molecule has 0 saturated heterocycles. The number of hydrogen-bond acceptors (Lipinski definition) is 6. The number of carbonyl (C=O) groups is 1. The van der Waals surface area contributed by atoms with Crippen LogP contribution in [0.25, 0.3) is 4.96 Å². The molecule has 0 aliphatic carbocycles. The van der Waals surface area contributed by atoms with E-state index < -0.39 is 10.9 Å². The molecule has 0 bridgehead atoms. The van der Waals surface area contributed by atoms with E-state index in [1.54, 1.807) is 23.7 Å². The van der Waals surface area contributed by atoms with Crippen molar-refractivity contribution in [2.75, 3.05) is 0 Å². The number of thiazole rings is 1. The summed E-state index contributed by atoms with van der Waals surface area (Å²) in [5.74, 6) is -1.10. The first-order chi connectivity index (χ1) is 10.1. The third kappa shape index (κ3) is 2.48. The number of carboxylic acids is 1. The molecule has 0 aliphatic rings. The van der Waals surface area contributed by atoms with Gasteiger partial charge in [-0.1, -0.05) is 23.1 Å². The van der Waals surface area contributed by atoms with Crippen LogP contribution in [0.3, 0.4) is 0 Å². The summed E-state index contributed by atoms with van der Waals surface area (Å²) in [4.78, 5) is 27.0. The zero-order chi connectivity index (χ0) is 15.0. The second kappa shape index (κ2) is 5.19. The fraction of sp³-hybridized carbons (Fsp3) is 0. The van der Waals surface area contributed by atoms with Gasteiger partial charge in [0.1, 0.15) is 6.20 Å². The normalized spacial score (nSPS) is 10.9. The zero-order valence-electron chi connectivity index (χ0n) is 10.3. The molecular formula is C12H7N3O4S2. The average Bonchev–Trinajstić information content (AvgIpc) is 2.98. The van der Waals surface area contributed by atoms with Gasteiger partial charge in [-0.15, -0.1) is 0 Å². The van der Waals surface area contributed by atoms with E-state index in [2.05, 4.69) is 4.98 Å². The molecule has 21 heavy (non-hydrogen) atoms. The van der Waals surface area contributed by atoms with E-state index in [0.717, 1.165) is 11.8 Å². The van der Waals surface area contributed by atoms with Gasteiger partial charge in [0.2, 0.25) is 5.03 Å². The van der Waals surface area contributed by atoms with Gasteiger partial charge >= 0.3 is 11.8 Å². The van der Waals surface area contributed by atoms with Crippen molar-refractivity contribution in [2.45, 2.75) is 9.92 Å². The van der Waals surface area contributed by atoms with Gasteiger partial charge in [-0.05, 0) is 29.2 Å². The summed E-state index contributed by atoms with van der Waals surface area (Å²) >= 11 is 2.45. The molecule has 2 aromatic heterocycles. The van der Waals surface area contributed by atoms with Gasteiger partial charge in [-0.25, -0.2) is 4.79 Å². The van der Waals surface area contributed by atoms with Crippen LogP contribution in [-0.2, 0) is 0 Å². The maximum Gasteiger partial charge on any atom is 0.363 e. The fourth-order valence-corrected chi connectivity index (χ4v) is 3.42. The predicted octanol–water partition coefficient (Wildman–Crippen LogP) is 3.15. The van der Waals surface area contributed by atoms with E-state index in [0.29, 0.717) is 9.86 Å². The van der Waals surface area contributed by atoms with Gasteiger partial charge in [-0.3, -0.25) is 0 Å². The minimum atomic E-state index is -1.01. The smallest absolute Gasteiger partial charge is 0.363 e. The molecule has 106 valence electrons. The highest BCUT2D eigenvalue weighted by atomic mass is 32.2. The number of imidazole rings is 1. The lowest BCUT2D eigenvalue weighted by Gasteiger charge is -2.00. The highest BCUT2D eigenvalue weighted by molar-refractivity contribution is 7.99. The standard InChI is InChI=1S/C12H7N3O4S2/c16-11(17)7-1-3-8(4-2-7)21-9-10(15(18)19)14-5-6-20-12(14)13-9/h1-6H,(H,16,17). The SMILES string of the molecule is O=C(O)c1ccc(Sc2nc3sccn3c2[N+](=O)[O-])cc1. The molecule has 2 heterocycles. The minimum Gasteiger partial charge on any atom is -0.478 e. The Kier molecular flexibility index (Phi) is 3.35. The summed E-state index contributed by atoms with van der Waals surface area (Å²) in [7, 11) is 0. The van der Waals surface area contributed by atoms with Crippen LogP contribution in [0.1, 0.15) is 10.4 Å². The van der Waals surface area contributed by atoms with Crippen molar-refractivity contribution in [3.8, 4) is 0 Å². The summed E-state index contributed by atoms with van der Waals surface area (Å²) < 4.78 is 1.43. The number of benzene rings is 1. The van der Waals surface area contributed by atoms with Gasteiger partial charge in [0.15, 0.2) is 0 Å². The second-order valence-corrected chi connectivity index (χ2v) is 5.92. The van der Waals surface area contributed by atoms with Gasteiger partial charge in [0.25, 0.3) is 4.96 Å². The molecule has 3 aromatic rings. The van der Waals surface area contributed by atoms with Crippen LogP contribution in [0.4, 0.5) is 5.82 Å². The maximum absolute atomic E-state index is 11.2. The third-order valence-electron chi connectivity index (χ3n) is 2.69. The van der Waals surface area contributed by atoms with Crippen LogP contribution in [0.2, 0.25) is 0 Å². The van der Waals surface area contributed by atoms with Crippen molar-refractivity contribution in [1.29, 1.82) is 0 Å². The van der Waals surface area contributed by atoms with Crippen molar-refractivity contribution in [1.82, 2.24) is 9.38 Å². The van der Waals surface area contributed by atoms with Crippen molar-refractivity contribution in [3.05, 3.63) is 51.5 Å². The molecule has 9 heteroatoms. The maximum atomic E-state index is 11.2. The molecule has 0 aliphatic heterocycles. The Balaban J connectivity index is 1.97. The first-order valence-electron chi connectivity index (χ1n) is 5.67. The van der Waals surface area contributed by atoms with E-state index in [9.17, 15) is 14.9 Å². The lowest BCUT2D eigenvalue weighted by Crippen LogP contribution is -1.95. The molecule has 0 radical (unpaired) electrons. The van der Waals surface area contributed by atoms with Crippen molar-refractivity contribution >= 4 is 39.8 Å². The Morgan fingerprint density at radius 2 is 2.10 bits per heavy atom. The lowest BCUT2D eigenvalue weighted by atomic mass is 10.2. The van der Waals surface area contributed by atoms with Crippen LogP contribution < -0.4 is 0 Å². The molecule has 7 nitrogen and oxygen atoms in total. The van der Waals surface area contributed by atoms with Gasteiger partial charge in [0.05, 0.1) is 5.56 Å². The van der Waals surface area contributed by atoms with Crippen molar-refractivity contribution in [2.24, 2.45) is 0 Å². The Morgan fingerprint density at radius 3 is 2.71 bits per heavy atom. The Hall–Kier alpha value is -2.39. The summed E-state index contributed by atoms with van der Waals surface area (Å²) in [5.41, 5.74) is 0.166. The lowest BCUT2D eigenvalue weighted by molar-refractivity contribution is -0.393. The topological polar surface area (TPSA) is 97.7 Å². The van der Waals surface area contributed by atoms with Crippen LogP contribution >= 0.6 is 23.1 Å². The molecule has 0 amide bonds.